The van der Waals surface area contributed by atoms with E-state index in [0.29, 0.717) is 17.7 Å². The van der Waals surface area contributed by atoms with Crippen molar-refractivity contribution in [2.24, 2.45) is 0 Å². The van der Waals surface area contributed by atoms with Gasteiger partial charge in [0.1, 0.15) is 24.6 Å². The van der Waals surface area contributed by atoms with Gasteiger partial charge in [0.05, 0.1) is 12.9 Å². The van der Waals surface area contributed by atoms with E-state index in [9.17, 15) is 19.1 Å². The lowest BCUT2D eigenvalue weighted by Crippen LogP contribution is -2.31. The lowest BCUT2D eigenvalue weighted by Gasteiger charge is -2.20. The maximum Gasteiger partial charge on any atom is 0.469 e. The van der Waals surface area contributed by atoms with Gasteiger partial charge in [0.15, 0.2) is 23.2 Å². The minimum atomic E-state index is -4.77. The number of aromatic nitrogens is 4. The number of rotatable bonds is 10. The summed E-state index contributed by atoms with van der Waals surface area (Å²) in [6.07, 6.45) is 2.74. The Morgan fingerprint density at radius 1 is 1.10 bits per heavy atom. The highest BCUT2D eigenvalue weighted by Gasteiger charge is 2.54. The number of nitrogens with zero attached hydrogens (tertiary/aromatic N) is 4. The normalized spacial score (nSPS) is 23.6. The molecule has 0 aliphatic carbocycles. The van der Waals surface area contributed by atoms with Crippen molar-refractivity contribution in [3.63, 3.8) is 0 Å². The molecular weight excluding hydrogens is 555 g/mol. The van der Waals surface area contributed by atoms with Crippen LogP contribution in [-0.4, -0.2) is 73.1 Å². The molecule has 41 heavy (non-hydrogen) atoms. The first-order valence-electron chi connectivity index (χ1n) is 13.3. The molecule has 2 saturated heterocycles. The summed E-state index contributed by atoms with van der Waals surface area (Å²) in [4.78, 5) is 43.8. The van der Waals surface area contributed by atoms with Crippen LogP contribution >= 0.6 is 7.82 Å². The Morgan fingerprint density at radius 3 is 2.68 bits per heavy atom. The number of nitrogens with one attached hydrogen (secondary N) is 2. The molecule has 2 aromatic heterocycles. The zero-order chi connectivity index (χ0) is 28.8. The molecule has 2 aliphatic rings. The van der Waals surface area contributed by atoms with Gasteiger partial charge in [-0.25, -0.2) is 24.3 Å². The fraction of sp³-hybridized carbons (Fsp3) is 0.462. The van der Waals surface area contributed by atoms with Gasteiger partial charge in [-0.15, -0.1) is 0 Å². The number of phosphoric ester groups is 1. The Kier molecular flexibility index (Phi) is 9.26. The number of urea groups is 1. The number of hydrogen-bond acceptors (Lipinski definition) is 9. The second-order valence-electron chi connectivity index (χ2n) is 9.51. The van der Waals surface area contributed by atoms with E-state index in [1.807, 2.05) is 30.3 Å². The third-order valence-corrected chi connectivity index (χ3v) is 7.03. The van der Waals surface area contributed by atoms with Crippen molar-refractivity contribution >= 4 is 30.8 Å². The monoisotopic (exact) mass is 586 g/mol. The van der Waals surface area contributed by atoms with Crippen LogP contribution in [0.25, 0.3) is 11.2 Å². The van der Waals surface area contributed by atoms with Crippen LogP contribution in [0.4, 0.5) is 10.6 Å². The number of amides is 2. The third kappa shape index (κ3) is 7.27. The Balaban J connectivity index is 1.34. The van der Waals surface area contributed by atoms with Crippen molar-refractivity contribution in [3.8, 4) is 11.8 Å². The van der Waals surface area contributed by atoms with Gasteiger partial charge in [-0.2, -0.15) is 0 Å². The van der Waals surface area contributed by atoms with E-state index >= 15 is 0 Å². The van der Waals surface area contributed by atoms with Crippen molar-refractivity contribution in [1.82, 2.24) is 24.8 Å². The molecule has 2 unspecified atom stereocenters. The van der Waals surface area contributed by atoms with E-state index in [0.717, 1.165) is 31.2 Å². The quantitative estimate of drug-likeness (QED) is 0.156. The van der Waals surface area contributed by atoms with Gasteiger partial charge >= 0.3 is 13.9 Å². The van der Waals surface area contributed by atoms with Crippen molar-refractivity contribution in [2.45, 2.75) is 63.4 Å². The summed E-state index contributed by atoms with van der Waals surface area (Å²) in [7, 11) is -4.77. The highest BCUT2D eigenvalue weighted by atomic mass is 31.2. The van der Waals surface area contributed by atoms with Crippen LogP contribution in [-0.2, 0) is 23.3 Å². The fourth-order valence-corrected chi connectivity index (χ4v) is 4.97. The summed E-state index contributed by atoms with van der Waals surface area (Å²) >= 11 is 0. The molecule has 0 bridgehead atoms. The average Bonchev–Trinajstić information content (AvgIpc) is 3.65. The van der Waals surface area contributed by atoms with Crippen molar-refractivity contribution in [3.05, 3.63) is 48.5 Å². The minimum Gasteiger partial charge on any atom is -0.347 e. The van der Waals surface area contributed by atoms with Gasteiger partial charge in [0.2, 0.25) is 6.29 Å². The van der Waals surface area contributed by atoms with Crippen LogP contribution in [0.2, 0.25) is 0 Å². The van der Waals surface area contributed by atoms with Gasteiger partial charge in [0.25, 0.3) is 0 Å². The zero-order valence-electron chi connectivity index (χ0n) is 22.3. The number of benzene rings is 1. The van der Waals surface area contributed by atoms with E-state index in [1.165, 1.54) is 12.7 Å². The Hall–Kier alpha value is -3.41. The summed E-state index contributed by atoms with van der Waals surface area (Å²) in [6.45, 7) is 2.21. The fourth-order valence-electron chi connectivity index (χ4n) is 4.63. The summed E-state index contributed by atoms with van der Waals surface area (Å²) in [5.74, 6) is 6.14. The Bertz CT molecular complexity index is 1450. The molecule has 218 valence electrons. The number of carbonyl (C=O) groups excluding carboxylic acids is 1. The van der Waals surface area contributed by atoms with Crippen LogP contribution in [0, 0.1) is 11.8 Å². The molecule has 2 amide bonds. The number of hydrogen-bond donors (Lipinski definition) is 4. The SMILES string of the molecule is CCCCCCNC(=O)Nc1ncnc2c1ncn2[C@@H]1O[C@H](COP(=O)(O)O)[C@@H]2OC(C#Cc3ccccc3)OC21. The number of unbranched alkanes of at least 4 members (excludes halogenated alkanes) is 3. The van der Waals surface area contributed by atoms with Gasteiger partial charge in [0, 0.05) is 12.1 Å². The Labute approximate surface area is 236 Å². The van der Waals surface area contributed by atoms with E-state index in [1.54, 1.807) is 4.57 Å². The maximum atomic E-state index is 12.4. The first-order valence-corrected chi connectivity index (χ1v) is 14.8. The van der Waals surface area contributed by atoms with Crippen LogP contribution < -0.4 is 10.6 Å². The zero-order valence-corrected chi connectivity index (χ0v) is 23.1. The predicted molar refractivity (Wildman–Crippen MR) is 145 cm³/mol. The molecule has 4 N–H and O–H groups in total. The molecule has 1 aromatic carbocycles. The molecule has 0 saturated carbocycles. The molecule has 15 heteroatoms. The standard InChI is InChI=1S/C26H31N6O8P/c1-2-3-4-8-13-27-26(33)31-23-20-24(29-15-28-23)32(16-30-20)25-22-21(18(38-25)14-37-41(34,35)36)39-19(40-22)12-11-17-9-6-5-7-10-17/h5-7,9-10,15-16,18-19,21-22,25H,2-4,8,13-14H2,1H3,(H2,34,35,36)(H2,27,28,29,31,33)/t18-,19?,21+,22?,25-/m1/s1. The molecule has 2 fully saturated rings. The number of carbonyl (C=O) groups is 1. The van der Waals surface area contributed by atoms with Gasteiger partial charge < -0.3 is 29.3 Å². The molecule has 14 nitrogen and oxygen atoms in total. The Morgan fingerprint density at radius 2 is 1.90 bits per heavy atom. The summed E-state index contributed by atoms with van der Waals surface area (Å²) in [5, 5.41) is 5.52. The van der Waals surface area contributed by atoms with Crippen LogP contribution in [0.15, 0.2) is 43.0 Å². The van der Waals surface area contributed by atoms with Gasteiger partial charge in [-0.1, -0.05) is 50.3 Å². The van der Waals surface area contributed by atoms with Crippen LogP contribution in [0.3, 0.4) is 0 Å². The third-order valence-electron chi connectivity index (χ3n) is 6.54. The second kappa shape index (κ2) is 13.1. The van der Waals surface area contributed by atoms with Crippen molar-refractivity contribution in [1.29, 1.82) is 0 Å². The first kappa shape index (κ1) is 29.1. The average molecular weight is 587 g/mol. The van der Waals surface area contributed by atoms with E-state index in [-0.39, 0.29) is 5.82 Å². The smallest absolute Gasteiger partial charge is 0.347 e. The van der Waals surface area contributed by atoms with Crippen LogP contribution in [0.1, 0.15) is 44.4 Å². The lowest BCUT2D eigenvalue weighted by atomic mass is 10.1. The molecule has 3 aromatic rings. The molecule has 2 aliphatic heterocycles. The van der Waals surface area contributed by atoms with Crippen molar-refractivity contribution in [2.75, 3.05) is 18.5 Å². The molecule has 5 atom stereocenters. The maximum absolute atomic E-state index is 12.4. The molecule has 0 radical (unpaired) electrons. The highest BCUT2D eigenvalue weighted by molar-refractivity contribution is 7.46. The number of imidazole rings is 1. The van der Waals surface area contributed by atoms with E-state index in [4.69, 9.17) is 18.7 Å². The lowest BCUT2D eigenvalue weighted by molar-refractivity contribution is -0.129. The number of phosphoric acid groups is 1. The molecule has 0 spiro atoms. The molecule has 4 heterocycles. The molecular formula is C26H31N6O8P. The van der Waals surface area contributed by atoms with Crippen molar-refractivity contribution < 1.29 is 37.9 Å². The van der Waals surface area contributed by atoms with Crippen LogP contribution in [0.5, 0.6) is 0 Å². The number of anilines is 1. The second-order valence-corrected chi connectivity index (χ2v) is 10.7. The molecule has 5 rings (SSSR count). The van der Waals surface area contributed by atoms with Gasteiger partial charge in [-0.05, 0) is 24.5 Å². The van der Waals surface area contributed by atoms with E-state index in [2.05, 4.69) is 44.4 Å². The summed E-state index contributed by atoms with van der Waals surface area (Å²) in [5.41, 5.74) is 1.44. The minimum absolute atomic E-state index is 0.214. The first-order chi connectivity index (χ1) is 19.8. The van der Waals surface area contributed by atoms with Gasteiger partial charge in [-0.3, -0.25) is 14.4 Å². The predicted octanol–water partition coefficient (Wildman–Crippen LogP) is 2.70. The number of fused-ring (bicyclic) bond motifs is 2. The summed E-state index contributed by atoms with van der Waals surface area (Å²) in [6, 6.07) is 8.89. The summed E-state index contributed by atoms with van der Waals surface area (Å²) < 4.78 is 35.8. The highest BCUT2D eigenvalue weighted by Crippen LogP contribution is 2.43. The topological polar surface area (TPSA) is 179 Å². The largest absolute Gasteiger partial charge is 0.469 e. The van der Waals surface area contributed by atoms with E-state index < -0.39 is 51.3 Å². The number of ether oxygens (including phenoxy) is 3.